The number of rotatable bonds is 7. The van der Waals surface area contributed by atoms with Crippen molar-refractivity contribution < 1.29 is 14.0 Å². The molecule has 8 nitrogen and oxygen atoms in total. The number of halogens is 1. The predicted molar refractivity (Wildman–Crippen MR) is 84.1 cm³/mol. The Labute approximate surface area is 138 Å². The fourth-order valence-electron chi connectivity index (χ4n) is 1.91. The molecule has 1 heterocycles. The Morgan fingerprint density at radius 3 is 2.67 bits per heavy atom. The SMILES string of the molecule is CCCNC(=O)[C@@H](C)NC(=O)Cn1nnc(-c2ccc(F)cc2)n1. The van der Waals surface area contributed by atoms with Crippen LogP contribution in [0.5, 0.6) is 0 Å². The number of tetrazole rings is 1. The molecule has 0 fully saturated rings. The summed E-state index contributed by atoms with van der Waals surface area (Å²) in [6.45, 7) is 3.94. The first-order valence-corrected chi connectivity index (χ1v) is 7.60. The molecule has 0 saturated carbocycles. The van der Waals surface area contributed by atoms with E-state index in [0.29, 0.717) is 12.1 Å². The molecule has 24 heavy (non-hydrogen) atoms. The summed E-state index contributed by atoms with van der Waals surface area (Å²) in [5.41, 5.74) is 0.593. The summed E-state index contributed by atoms with van der Waals surface area (Å²) in [5.74, 6) is -0.724. The molecular formula is C15H19FN6O2. The molecule has 0 bridgehead atoms. The van der Waals surface area contributed by atoms with E-state index in [9.17, 15) is 14.0 Å². The molecule has 0 unspecified atom stereocenters. The maximum absolute atomic E-state index is 12.9. The molecule has 0 aliphatic rings. The molecule has 0 radical (unpaired) electrons. The van der Waals surface area contributed by atoms with Crippen LogP contribution in [0.4, 0.5) is 4.39 Å². The van der Waals surface area contributed by atoms with Crippen LogP contribution in [0.2, 0.25) is 0 Å². The molecule has 0 spiro atoms. The van der Waals surface area contributed by atoms with E-state index in [0.717, 1.165) is 11.2 Å². The molecule has 2 aromatic rings. The van der Waals surface area contributed by atoms with Crippen LogP contribution in [0.3, 0.4) is 0 Å². The zero-order valence-corrected chi connectivity index (χ0v) is 13.5. The molecule has 2 rings (SSSR count). The highest BCUT2D eigenvalue weighted by Crippen LogP contribution is 2.13. The van der Waals surface area contributed by atoms with E-state index in [1.54, 1.807) is 6.92 Å². The van der Waals surface area contributed by atoms with E-state index < -0.39 is 11.9 Å². The zero-order valence-electron chi connectivity index (χ0n) is 13.5. The molecule has 2 amide bonds. The van der Waals surface area contributed by atoms with Gasteiger partial charge in [-0.2, -0.15) is 4.80 Å². The molecule has 9 heteroatoms. The molecule has 0 saturated heterocycles. The average molecular weight is 334 g/mol. The highest BCUT2D eigenvalue weighted by molar-refractivity contribution is 5.87. The number of nitrogens with one attached hydrogen (secondary N) is 2. The van der Waals surface area contributed by atoms with E-state index >= 15 is 0 Å². The second-order valence-electron chi connectivity index (χ2n) is 5.23. The Kier molecular flexibility index (Phi) is 5.94. The van der Waals surface area contributed by atoms with Crippen LogP contribution in [0.1, 0.15) is 20.3 Å². The number of amides is 2. The smallest absolute Gasteiger partial charge is 0.244 e. The number of nitrogens with zero attached hydrogens (tertiary/aromatic N) is 4. The molecular weight excluding hydrogens is 315 g/mol. The van der Waals surface area contributed by atoms with Crippen molar-refractivity contribution in [2.24, 2.45) is 0 Å². The quantitative estimate of drug-likeness (QED) is 0.768. The van der Waals surface area contributed by atoms with Gasteiger partial charge in [0.1, 0.15) is 18.4 Å². The van der Waals surface area contributed by atoms with E-state index in [4.69, 9.17) is 0 Å². The minimum Gasteiger partial charge on any atom is -0.354 e. The lowest BCUT2D eigenvalue weighted by molar-refractivity contribution is -0.129. The minimum absolute atomic E-state index is 0.167. The van der Waals surface area contributed by atoms with Gasteiger partial charge >= 0.3 is 0 Å². The van der Waals surface area contributed by atoms with Crippen molar-refractivity contribution in [3.63, 3.8) is 0 Å². The summed E-state index contributed by atoms with van der Waals surface area (Å²) in [5, 5.41) is 16.9. The van der Waals surface area contributed by atoms with Gasteiger partial charge in [-0.05, 0) is 42.8 Å². The molecule has 1 aromatic heterocycles. The number of aromatic nitrogens is 4. The molecule has 2 N–H and O–H groups in total. The highest BCUT2D eigenvalue weighted by atomic mass is 19.1. The lowest BCUT2D eigenvalue weighted by atomic mass is 10.2. The van der Waals surface area contributed by atoms with Crippen LogP contribution in [0.25, 0.3) is 11.4 Å². The van der Waals surface area contributed by atoms with Crippen molar-refractivity contribution in [2.75, 3.05) is 6.54 Å². The number of carbonyl (C=O) groups is 2. The Hall–Kier alpha value is -2.84. The summed E-state index contributed by atoms with van der Waals surface area (Å²) in [6, 6.07) is 4.98. The maximum Gasteiger partial charge on any atom is 0.244 e. The second kappa shape index (κ2) is 8.14. The van der Waals surface area contributed by atoms with Gasteiger partial charge in [0.05, 0.1) is 0 Å². The van der Waals surface area contributed by atoms with Crippen LogP contribution in [-0.2, 0) is 16.1 Å². The van der Waals surface area contributed by atoms with E-state index in [2.05, 4.69) is 26.0 Å². The first-order chi connectivity index (χ1) is 11.5. The van der Waals surface area contributed by atoms with Crippen LogP contribution in [-0.4, -0.2) is 44.6 Å². The minimum atomic E-state index is -0.649. The third kappa shape index (κ3) is 4.83. The van der Waals surface area contributed by atoms with E-state index in [-0.39, 0.29) is 24.1 Å². The normalized spacial score (nSPS) is 11.8. The van der Waals surface area contributed by atoms with Gasteiger partial charge in [0, 0.05) is 12.1 Å². The first-order valence-electron chi connectivity index (χ1n) is 7.60. The van der Waals surface area contributed by atoms with Gasteiger partial charge in [-0.3, -0.25) is 9.59 Å². The van der Waals surface area contributed by atoms with Crippen molar-refractivity contribution in [1.82, 2.24) is 30.8 Å². The van der Waals surface area contributed by atoms with Crippen LogP contribution in [0.15, 0.2) is 24.3 Å². The third-order valence-corrected chi connectivity index (χ3v) is 3.16. The average Bonchev–Trinajstić information content (AvgIpc) is 3.01. The van der Waals surface area contributed by atoms with Gasteiger partial charge < -0.3 is 10.6 Å². The van der Waals surface area contributed by atoms with Gasteiger partial charge in [-0.1, -0.05) is 6.92 Å². The summed E-state index contributed by atoms with van der Waals surface area (Å²) in [7, 11) is 0. The van der Waals surface area contributed by atoms with Crippen molar-refractivity contribution in [1.29, 1.82) is 0 Å². The first kappa shape index (κ1) is 17.5. The predicted octanol–water partition coefficient (Wildman–Crippen LogP) is 0.510. The van der Waals surface area contributed by atoms with Crippen molar-refractivity contribution >= 4 is 11.8 Å². The van der Waals surface area contributed by atoms with Crippen LogP contribution in [0, 0.1) is 5.82 Å². The largest absolute Gasteiger partial charge is 0.354 e. The number of hydrogen-bond donors (Lipinski definition) is 2. The fourth-order valence-corrected chi connectivity index (χ4v) is 1.91. The topological polar surface area (TPSA) is 102 Å². The molecule has 1 atom stereocenters. The lowest BCUT2D eigenvalue weighted by Crippen LogP contribution is -2.46. The number of benzene rings is 1. The van der Waals surface area contributed by atoms with Crippen molar-refractivity contribution in [3.05, 3.63) is 30.1 Å². The van der Waals surface area contributed by atoms with Crippen molar-refractivity contribution in [2.45, 2.75) is 32.9 Å². The second-order valence-corrected chi connectivity index (χ2v) is 5.23. The standard InChI is InChI=1S/C15H19FN6O2/c1-3-8-17-15(24)10(2)18-13(23)9-22-20-14(19-21-22)11-4-6-12(16)7-5-11/h4-7,10H,3,8-9H2,1-2H3,(H,17,24)(H,18,23)/t10-/m1/s1. The Balaban J connectivity index is 1.90. The van der Waals surface area contributed by atoms with Gasteiger partial charge in [0.25, 0.3) is 0 Å². The number of carbonyl (C=O) groups excluding carboxylic acids is 2. The van der Waals surface area contributed by atoms with Gasteiger partial charge in [0.2, 0.25) is 17.6 Å². The van der Waals surface area contributed by atoms with Crippen LogP contribution < -0.4 is 10.6 Å². The third-order valence-electron chi connectivity index (χ3n) is 3.16. The van der Waals surface area contributed by atoms with Crippen LogP contribution >= 0.6 is 0 Å². The van der Waals surface area contributed by atoms with Gasteiger partial charge in [0.15, 0.2) is 0 Å². The molecule has 0 aliphatic heterocycles. The molecule has 0 aliphatic carbocycles. The lowest BCUT2D eigenvalue weighted by Gasteiger charge is -2.13. The van der Waals surface area contributed by atoms with Crippen molar-refractivity contribution in [3.8, 4) is 11.4 Å². The highest BCUT2D eigenvalue weighted by Gasteiger charge is 2.16. The Morgan fingerprint density at radius 1 is 1.29 bits per heavy atom. The Bertz CT molecular complexity index is 700. The zero-order chi connectivity index (χ0) is 17.5. The van der Waals surface area contributed by atoms with Gasteiger partial charge in [-0.15, -0.1) is 10.2 Å². The number of hydrogen-bond acceptors (Lipinski definition) is 5. The van der Waals surface area contributed by atoms with E-state index in [1.807, 2.05) is 6.92 Å². The summed E-state index contributed by atoms with van der Waals surface area (Å²) in [4.78, 5) is 24.7. The molecule has 128 valence electrons. The fraction of sp³-hybridized carbons (Fsp3) is 0.400. The molecule has 1 aromatic carbocycles. The monoisotopic (exact) mass is 334 g/mol. The maximum atomic E-state index is 12.9. The Morgan fingerprint density at radius 2 is 2.00 bits per heavy atom. The summed E-state index contributed by atoms with van der Waals surface area (Å²) < 4.78 is 12.9. The summed E-state index contributed by atoms with van der Waals surface area (Å²) in [6.07, 6.45) is 0.821. The summed E-state index contributed by atoms with van der Waals surface area (Å²) >= 11 is 0. The van der Waals surface area contributed by atoms with Gasteiger partial charge in [-0.25, -0.2) is 4.39 Å². The van der Waals surface area contributed by atoms with E-state index in [1.165, 1.54) is 24.3 Å².